The molecule has 0 amide bonds. The van der Waals surface area contributed by atoms with Crippen molar-refractivity contribution in [1.29, 1.82) is 0 Å². The molecule has 0 aromatic heterocycles. The van der Waals surface area contributed by atoms with E-state index in [0.717, 1.165) is 0 Å². The smallest absolute Gasteiger partial charge is 0.416 e. The van der Waals surface area contributed by atoms with Crippen molar-refractivity contribution in [2.45, 2.75) is 12.0 Å². The summed E-state index contributed by atoms with van der Waals surface area (Å²) in [6.07, 6.45) is -4.80. The second-order valence-corrected chi connectivity index (χ2v) is 6.91. The van der Waals surface area contributed by atoms with E-state index in [-0.39, 0.29) is 11.5 Å². The third-order valence-electron chi connectivity index (χ3n) is 5.04. The van der Waals surface area contributed by atoms with E-state index < -0.39 is 29.1 Å². The Morgan fingerprint density at radius 1 is 0.875 bits per heavy atom. The number of carboxylic acid groups (broad SMARTS) is 1. The molecule has 6 nitrogen and oxygen atoms in total. The molecule has 0 atom stereocenters. The number of halogens is 3. The maximum Gasteiger partial charge on any atom is 0.416 e. The number of hydrogen-bond acceptors (Lipinski definition) is 6. The quantitative estimate of drug-likeness (QED) is 0.595. The molecule has 1 aliphatic rings. The van der Waals surface area contributed by atoms with Crippen LogP contribution in [0.4, 0.5) is 13.2 Å². The van der Waals surface area contributed by atoms with E-state index in [0.29, 0.717) is 34.8 Å². The zero-order chi connectivity index (χ0) is 23.1. The van der Waals surface area contributed by atoms with Gasteiger partial charge in [0.15, 0.2) is 11.5 Å². The molecule has 166 valence electrons. The monoisotopic (exact) mass is 445 g/mol. The van der Waals surface area contributed by atoms with Crippen molar-refractivity contribution in [2.24, 2.45) is 0 Å². The van der Waals surface area contributed by atoms with E-state index in [1.54, 1.807) is 48.5 Å². The first-order valence-corrected chi connectivity index (χ1v) is 9.31. The highest BCUT2D eigenvalue weighted by Crippen LogP contribution is 2.51. The van der Waals surface area contributed by atoms with Crippen LogP contribution in [0, 0.1) is 0 Å². The van der Waals surface area contributed by atoms with Gasteiger partial charge in [0.25, 0.3) is 0 Å². The van der Waals surface area contributed by atoms with Crippen molar-refractivity contribution < 1.29 is 42.0 Å². The molecule has 0 radical (unpaired) electrons. The number of methoxy groups -OCH3 is 2. The van der Waals surface area contributed by atoms with Gasteiger partial charge in [-0.2, -0.15) is 13.2 Å². The van der Waals surface area contributed by atoms with E-state index in [2.05, 4.69) is 0 Å². The average Bonchev–Trinajstić information content (AvgIpc) is 3.18. The normalized spacial score (nSPS) is 14.2. The lowest BCUT2D eigenvalue weighted by molar-refractivity contribution is -0.255. The average molecular weight is 445 g/mol. The van der Waals surface area contributed by atoms with Crippen LogP contribution in [0.5, 0.6) is 23.0 Å². The Morgan fingerprint density at radius 2 is 1.38 bits per heavy atom. The van der Waals surface area contributed by atoms with Crippen molar-refractivity contribution in [3.8, 4) is 23.0 Å². The SMILES string of the molecule is COc1ccc(C2(c3ccc(OC)cc3)Oc3cc(C(F)(F)F)cc(C(=O)[O-])c3O2)cc1. The molecule has 9 heteroatoms. The molecule has 1 aliphatic heterocycles. The highest BCUT2D eigenvalue weighted by molar-refractivity contribution is 5.91. The molecule has 0 saturated carbocycles. The molecule has 3 aromatic carbocycles. The minimum atomic E-state index is -4.80. The van der Waals surface area contributed by atoms with E-state index in [1.807, 2.05) is 0 Å². The van der Waals surface area contributed by atoms with Crippen LogP contribution in [0.2, 0.25) is 0 Å². The molecule has 4 rings (SSSR count). The number of alkyl halides is 3. The van der Waals surface area contributed by atoms with Crippen molar-refractivity contribution in [2.75, 3.05) is 14.2 Å². The molecule has 0 spiro atoms. The number of fused-ring (bicyclic) bond motifs is 1. The summed E-state index contributed by atoms with van der Waals surface area (Å²) in [6.45, 7) is 0. The van der Waals surface area contributed by atoms with Crippen LogP contribution in [-0.2, 0) is 12.0 Å². The van der Waals surface area contributed by atoms with Crippen molar-refractivity contribution in [3.05, 3.63) is 82.9 Å². The van der Waals surface area contributed by atoms with Crippen LogP contribution in [0.1, 0.15) is 27.0 Å². The Kier molecular flexibility index (Phi) is 5.12. The second-order valence-electron chi connectivity index (χ2n) is 6.91. The number of carbonyl (C=O) groups excluding carboxylic acids is 1. The molecule has 3 aromatic rings. The van der Waals surface area contributed by atoms with Gasteiger partial charge in [0.2, 0.25) is 0 Å². The van der Waals surface area contributed by atoms with Crippen LogP contribution in [-0.4, -0.2) is 20.2 Å². The first-order chi connectivity index (χ1) is 15.2. The van der Waals surface area contributed by atoms with Gasteiger partial charge < -0.3 is 28.8 Å². The van der Waals surface area contributed by atoms with Gasteiger partial charge in [-0.3, -0.25) is 0 Å². The van der Waals surface area contributed by atoms with E-state index >= 15 is 0 Å². The molecule has 1 heterocycles. The Hall–Kier alpha value is -3.88. The third kappa shape index (κ3) is 3.55. The minimum absolute atomic E-state index is 0.357. The number of carbonyl (C=O) groups is 1. The van der Waals surface area contributed by atoms with Gasteiger partial charge in [-0.05, 0) is 60.7 Å². The Bertz CT molecular complexity index is 1110. The van der Waals surface area contributed by atoms with Crippen LogP contribution in [0.3, 0.4) is 0 Å². The molecule has 32 heavy (non-hydrogen) atoms. The van der Waals surface area contributed by atoms with Crippen LogP contribution in [0.25, 0.3) is 0 Å². The van der Waals surface area contributed by atoms with Gasteiger partial charge in [-0.25, -0.2) is 0 Å². The maximum absolute atomic E-state index is 13.4. The Morgan fingerprint density at radius 3 is 1.78 bits per heavy atom. The molecular formula is C23H16F3O6-. The lowest BCUT2D eigenvalue weighted by atomic mass is 9.97. The molecule has 0 saturated heterocycles. The largest absolute Gasteiger partial charge is 0.545 e. The minimum Gasteiger partial charge on any atom is -0.545 e. The summed E-state index contributed by atoms with van der Waals surface area (Å²) in [5.41, 5.74) is -1.16. The third-order valence-corrected chi connectivity index (χ3v) is 5.04. The highest BCUT2D eigenvalue weighted by Gasteiger charge is 2.48. The fourth-order valence-corrected chi connectivity index (χ4v) is 3.44. The standard InChI is InChI=1S/C23H17F3O6/c1-29-16-7-3-13(4-8-16)22(14-5-9-17(30-2)10-6-14)31-19-12-15(23(24,25)26)11-18(21(27)28)20(19)32-22/h3-12H,1-2H3,(H,27,28)/p-1. The zero-order valence-electron chi connectivity index (χ0n) is 16.9. The number of hydrogen-bond donors (Lipinski definition) is 0. The summed E-state index contributed by atoms with van der Waals surface area (Å²) in [4.78, 5) is 11.6. The second kappa shape index (κ2) is 7.67. The molecular weight excluding hydrogens is 429 g/mol. The summed E-state index contributed by atoms with van der Waals surface area (Å²) >= 11 is 0. The summed E-state index contributed by atoms with van der Waals surface area (Å²) in [5.74, 6) is -3.24. The Labute approximate surface area is 180 Å². The van der Waals surface area contributed by atoms with Gasteiger partial charge in [-0.15, -0.1) is 0 Å². The van der Waals surface area contributed by atoms with Gasteiger partial charge in [0.1, 0.15) is 11.5 Å². The molecule has 0 bridgehead atoms. The maximum atomic E-state index is 13.4. The van der Waals surface area contributed by atoms with E-state index in [9.17, 15) is 23.1 Å². The predicted octanol–water partition coefficient (Wildman–Crippen LogP) is 3.76. The Balaban J connectivity index is 1.92. The number of benzene rings is 3. The lowest BCUT2D eigenvalue weighted by Gasteiger charge is -2.29. The van der Waals surface area contributed by atoms with Crippen LogP contribution < -0.4 is 24.1 Å². The highest BCUT2D eigenvalue weighted by atomic mass is 19.4. The molecule has 0 aliphatic carbocycles. The van der Waals surface area contributed by atoms with Crippen molar-refractivity contribution in [1.82, 2.24) is 0 Å². The van der Waals surface area contributed by atoms with E-state index in [4.69, 9.17) is 18.9 Å². The molecule has 0 unspecified atom stereocenters. The fourth-order valence-electron chi connectivity index (χ4n) is 3.44. The predicted molar refractivity (Wildman–Crippen MR) is 104 cm³/mol. The van der Waals surface area contributed by atoms with Crippen LogP contribution in [0.15, 0.2) is 60.7 Å². The number of rotatable bonds is 5. The summed E-state index contributed by atoms with van der Waals surface area (Å²) in [6, 6.07) is 14.1. The summed E-state index contributed by atoms with van der Waals surface area (Å²) in [5, 5.41) is 11.6. The number of aromatic carboxylic acids is 1. The number of carboxylic acids is 1. The van der Waals surface area contributed by atoms with Gasteiger partial charge in [0.05, 0.1) is 25.8 Å². The molecule has 0 N–H and O–H groups in total. The van der Waals surface area contributed by atoms with Crippen molar-refractivity contribution >= 4 is 5.97 Å². The summed E-state index contributed by atoms with van der Waals surface area (Å²) < 4.78 is 62.3. The van der Waals surface area contributed by atoms with Crippen LogP contribution >= 0.6 is 0 Å². The first-order valence-electron chi connectivity index (χ1n) is 9.31. The van der Waals surface area contributed by atoms with Gasteiger partial charge >= 0.3 is 12.0 Å². The zero-order valence-corrected chi connectivity index (χ0v) is 16.9. The van der Waals surface area contributed by atoms with E-state index in [1.165, 1.54) is 14.2 Å². The number of ether oxygens (including phenoxy) is 4. The topological polar surface area (TPSA) is 77.1 Å². The fraction of sp³-hybridized carbons (Fsp3) is 0.174. The lowest BCUT2D eigenvalue weighted by Crippen LogP contribution is -2.37. The first kappa shape index (κ1) is 21.4. The van der Waals surface area contributed by atoms with Gasteiger partial charge in [0, 0.05) is 16.7 Å². The van der Waals surface area contributed by atoms with Gasteiger partial charge in [-0.1, -0.05) is 0 Å². The van der Waals surface area contributed by atoms with Crippen molar-refractivity contribution in [3.63, 3.8) is 0 Å². The summed E-state index contributed by atoms with van der Waals surface area (Å²) in [7, 11) is 2.97. The molecule has 0 fully saturated rings.